The van der Waals surface area contributed by atoms with E-state index < -0.39 is 17.1 Å². The fraction of sp³-hybridized carbons (Fsp3) is 0.0870. The second-order valence-corrected chi connectivity index (χ2v) is 9.59. The second-order valence-electron chi connectivity index (χ2n) is 6.87. The van der Waals surface area contributed by atoms with Gasteiger partial charge >= 0.3 is 0 Å². The largest absolute Gasteiger partial charge is 0.457 e. The van der Waals surface area contributed by atoms with Crippen molar-refractivity contribution in [1.82, 2.24) is 4.90 Å². The minimum absolute atomic E-state index is 0.162. The highest BCUT2D eigenvalue weighted by atomic mass is 35.5. The fourth-order valence-corrected chi connectivity index (χ4v) is 4.73. The van der Waals surface area contributed by atoms with Crippen LogP contribution in [-0.4, -0.2) is 34.8 Å². The number of thioether (sulfide) groups is 2. The van der Waals surface area contributed by atoms with Crippen molar-refractivity contribution in [3.05, 3.63) is 75.3 Å². The van der Waals surface area contributed by atoms with Gasteiger partial charge in [-0.05, 0) is 66.5 Å². The van der Waals surface area contributed by atoms with Gasteiger partial charge < -0.3 is 9.73 Å². The number of hydrogen-bond acceptors (Lipinski definition) is 6. The fourth-order valence-electron chi connectivity index (χ4n) is 3.07. The first kappa shape index (κ1) is 23.5. The van der Waals surface area contributed by atoms with Crippen LogP contribution in [0.5, 0.6) is 0 Å². The predicted octanol–water partition coefficient (Wildman–Crippen LogP) is 6.65. The van der Waals surface area contributed by atoms with Gasteiger partial charge in [-0.3, -0.25) is 19.3 Å². The Morgan fingerprint density at radius 3 is 2.76 bits per heavy atom. The number of halogens is 2. The quantitative estimate of drug-likeness (QED) is 0.290. The lowest BCUT2D eigenvalue weighted by Gasteiger charge is -2.12. The smallest absolute Gasteiger partial charge is 0.294 e. The van der Waals surface area contributed by atoms with Gasteiger partial charge in [0.2, 0.25) is 5.91 Å². The Kier molecular flexibility index (Phi) is 7.19. The Balaban J connectivity index is 1.46. The zero-order chi connectivity index (χ0) is 23.5. The summed E-state index contributed by atoms with van der Waals surface area (Å²) in [4.78, 5) is 39.6. The summed E-state index contributed by atoms with van der Waals surface area (Å²) in [6, 6.07) is 15.7. The van der Waals surface area contributed by atoms with Gasteiger partial charge in [-0.25, -0.2) is 0 Å². The van der Waals surface area contributed by atoms with Crippen molar-refractivity contribution < 1.29 is 18.8 Å². The second kappa shape index (κ2) is 10.1. The van der Waals surface area contributed by atoms with E-state index >= 15 is 0 Å². The number of rotatable bonds is 6. The Hall–Kier alpha value is -2.65. The molecule has 3 aromatic rings. The number of nitrogens with one attached hydrogen (secondary N) is 1. The normalized spacial score (nSPS) is 14.9. The standard InChI is InChI=1S/C23H16Cl2N2O4S2/c1-32-16-4-2-3-14(10-16)26-21(28)12-27-22(29)20(33-23(27)30)11-15-6-8-19(31-15)17-9-13(24)5-7-18(17)25/h2-11H,12H2,1H3,(H,26,28)/b20-11+. The molecule has 0 bridgehead atoms. The molecule has 2 heterocycles. The van der Waals surface area contributed by atoms with E-state index in [0.717, 1.165) is 21.6 Å². The molecule has 1 aliphatic heterocycles. The molecule has 1 saturated heterocycles. The first-order valence-electron chi connectivity index (χ1n) is 9.58. The van der Waals surface area contributed by atoms with Crippen LogP contribution in [0.3, 0.4) is 0 Å². The van der Waals surface area contributed by atoms with Gasteiger partial charge in [0, 0.05) is 27.2 Å². The molecule has 168 valence electrons. The van der Waals surface area contributed by atoms with Gasteiger partial charge in [-0.15, -0.1) is 11.8 Å². The van der Waals surface area contributed by atoms with Crippen molar-refractivity contribution in [1.29, 1.82) is 0 Å². The van der Waals surface area contributed by atoms with Crippen LogP contribution < -0.4 is 5.32 Å². The lowest BCUT2D eigenvalue weighted by atomic mass is 10.2. The van der Waals surface area contributed by atoms with Crippen molar-refractivity contribution in [2.24, 2.45) is 0 Å². The van der Waals surface area contributed by atoms with Gasteiger partial charge in [0.05, 0.1) is 9.93 Å². The van der Waals surface area contributed by atoms with Crippen LogP contribution in [0, 0.1) is 0 Å². The third-order valence-corrected chi connectivity index (χ3v) is 6.82. The van der Waals surface area contributed by atoms with Crippen LogP contribution in [0.4, 0.5) is 10.5 Å². The number of imide groups is 1. The van der Waals surface area contributed by atoms with E-state index in [1.54, 1.807) is 48.2 Å². The van der Waals surface area contributed by atoms with E-state index in [1.165, 1.54) is 6.08 Å². The maximum Gasteiger partial charge on any atom is 0.294 e. The van der Waals surface area contributed by atoms with Crippen LogP contribution in [-0.2, 0) is 9.59 Å². The highest BCUT2D eigenvalue weighted by Gasteiger charge is 2.36. The lowest BCUT2D eigenvalue weighted by Crippen LogP contribution is -2.36. The van der Waals surface area contributed by atoms with Gasteiger partial charge in [-0.1, -0.05) is 29.3 Å². The molecule has 33 heavy (non-hydrogen) atoms. The van der Waals surface area contributed by atoms with Gasteiger partial charge in [0.1, 0.15) is 18.1 Å². The number of carbonyl (C=O) groups excluding carboxylic acids is 3. The van der Waals surface area contributed by atoms with Crippen molar-refractivity contribution in [3.63, 3.8) is 0 Å². The van der Waals surface area contributed by atoms with Crippen molar-refractivity contribution in [2.75, 3.05) is 18.1 Å². The summed E-state index contributed by atoms with van der Waals surface area (Å²) in [5.41, 5.74) is 1.20. The molecule has 0 radical (unpaired) electrons. The van der Waals surface area contributed by atoms with E-state index in [0.29, 0.717) is 32.8 Å². The van der Waals surface area contributed by atoms with E-state index in [1.807, 2.05) is 24.5 Å². The molecule has 0 unspecified atom stereocenters. The molecule has 0 spiro atoms. The van der Waals surface area contributed by atoms with Crippen LogP contribution in [0.15, 0.2) is 68.8 Å². The number of amides is 3. The molecular weight excluding hydrogens is 503 g/mol. The molecule has 0 saturated carbocycles. The van der Waals surface area contributed by atoms with Crippen LogP contribution >= 0.6 is 46.7 Å². The average molecular weight is 519 g/mol. The summed E-state index contributed by atoms with van der Waals surface area (Å²) in [5, 5.41) is 3.16. The summed E-state index contributed by atoms with van der Waals surface area (Å²) in [6.07, 6.45) is 3.39. The SMILES string of the molecule is CSc1cccc(NC(=O)CN2C(=O)S/C(=C/c3ccc(-c4cc(Cl)ccc4Cl)o3)C2=O)c1. The minimum Gasteiger partial charge on any atom is -0.457 e. The van der Waals surface area contributed by atoms with Crippen LogP contribution in [0.1, 0.15) is 5.76 Å². The Labute approximate surface area is 208 Å². The zero-order valence-corrected chi connectivity index (χ0v) is 20.3. The number of carbonyl (C=O) groups is 3. The van der Waals surface area contributed by atoms with Crippen molar-refractivity contribution >= 4 is 75.5 Å². The van der Waals surface area contributed by atoms with Crippen molar-refractivity contribution in [3.8, 4) is 11.3 Å². The van der Waals surface area contributed by atoms with E-state index in [-0.39, 0.29) is 11.4 Å². The van der Waals surface area contributed by atoms with Crippen molar-refractivity contribution in [2.45, 2.75) is 4.90 Å². The minimum atomic E-state index is -0.559. The van der Waals surface area contributed by atoms with Gasteiger partial charge in [-0.2, -0.15) is 0 Å². The molecular formula is C23H16Cl2N2O4S2. The molecule has 1 N–H and O–H groups in total. The number of furan rings is 1. The predicted molar refractivity (Wildman–Crippen MR) is 134 cm³/mol. The van der Waals surface area contributed by atoms with Crippen LogP contribution in [0.2, 0.25) is 10.0 Å². The van der Waals surface area contributed by atoms with E-state index in [9.17, 15) is 14.4 Å². The first-order valence-corrected chi connectivity index (χ1v) is 12.4. The van der Waals surface area contributed by atoms with E-state index in [2.05, 4.69) is 5.32 Å². The molecule has 1 aliphatic rings. The molecule has 1 aromatic heterocycles. The highest BCUT2D eigenvalue weighted by molar-refractivity contribution is 8.18. The summed E-state index contributed by atoms with van der Waals surface area (Å²) in [6.45, 7) is -0.382. The summed E-state index contributed by atoms with van der Waals surface area (Å²) >= 11 is 14.5. The van der Waals surface area contributed by atoms with Gasteiger partial charge in [0.25, 0.3) is 11.1 Å². The Morgan fingerprint density at radius 1 is 1.15 bits per heavy atom. The van der Waals surface area contributed by atoms with Crippen LogP contribution in [0.25, 0.3) is 17.4 Å². The molecule has 0 aliphatic carbocycles. The maximum atomic E-state index is 12.7. The summed E-state index contributed by atoms with van der Waals surface area (Å²) in [5.74, 6) is -0.186. The molecule has 6 nitrogen and oxygen atoms in total. The van der Waals surface area contributed by atoms with Gasteiger partial charge in [0.15, 0.2) is 0 Å². The third-order valence-electron chi connectivity index (χ3n) is 4.62. The molecule has 0 atom stereocenters. The molecule has 2 aromatic carbocycles. The zero-order valence-electron chi connectivity index (χ0n) is 17.1. The number of nitrogens with zero attached hydrogens (tertiary/aromatic N) is 1. The Bertz CT molecular complexity index is 1290. The number of anilines is 1. The number of benzene rings is 2. The summed E-state index contributed by atoms with van der Waals surface area (Å²) in [7, 11) is 0. The first-order chi connectivity index (χ1) is 15.8. The number of hydrogen-bond donors (Lipinski definition) is 1. The summed E-state index contributed by atoms with van der Waals surface area (Å²) < 4.78 is 5.77. The third kappa shape index (κ3) is 5.47. The highest BCUT2D eigenvalue weighted by Crippen LogP contribution is 2.35. The average Bonchev–Trinajstić information content (AvgIpc) is 3.35. The molecule has 4 rings (SSSR count). The topological polar surface area (TPSA) is 79.6 Å². The maximum absolute atomic E-state index is 12.7. The lowest BCUT2D eigenvalue weighted by molar-refractivity contribution is -0.127. The Morgan fingerprint density at radius 2 is 1.97 bits per heavy atom. The molecule has 1 fully saturated rings. The van der Waals surface area contributed by atoms with E-state index in [4.69, 9.17) is 27.6 Å². The molecule has 10 heteroatoms. The molecule has 3 amide bonds. The monoisotopic (exact) mass is 518 g/mol.